The Bertz CT molecular complexity index is 649. The van der Waals surface area contributed by atoms with E-state index in [2.05, 4.69) is 10.3 Å². The van der Waals surface area contributed by atoms with Gasteiger partial charge in [0.15, 0.2) is 0 Å². The number of carbonyl (C=O) groups excluding carboxylic acids is 1. The number of aromatic nitrogens is 1. The van der Waals surface area contributed by atoms with Crippen LogP contribution in [0.2, 0.25) is 0 Å². The van der Waals surface area contributed by atoms with Gasteiger partial charge in [0, 0.05) is 11.1 Å². The third kappa shape index (κ3) is 4.13. The first-order chi connectivity index (χ1) is 9.95. The number of hydrogen-bond acceptors (Lipinski definition) is 4. The molecule has 2 aromatic rings. The zero-order valence-corrected chi connectivity index (χ0v) is 12.6. The first-order valence-electron chi connectivity index (χ1n) is 6.49. The SMILES string of the molecule is Cc1ccc(NC(=O)[C@H](C)c2nc(CC(=O)O)cs2)cc1. The number of thiazole rings is 1. The van der Waals surface area contributed by atoms with Crippen molar-refractivity contribution in [1.82, 2.24) is 4.98 Å². The molecule has 0 spiro atoms. The van der Waals surface area contributed by atoms with E-state index in [1.165, 1.54) is 11.3 Å². The summed E-state index contributed by atoms with van der Waals surface area (Å²) in [5.41, 5.74) is 2.34. The second-order valence-corrected chi connectivity index (χ2v) is 5.71. The molecule has 6 heteroatoms. The molecule has 0 radical (unpaired) electrons. The number of carbonyl (C=O) groups is 2. The molecular weight excluding hydrogens is 288 g/mol. The van der Waals surface area contributed by atoms with E-state index in [9.17, 15) is 9.59 Å². The van der Waals surface area contributed by atoms with Gasteiger partial charge in [0.25, 0.3) is 0 Å². The highest BCUT2D eigenvalue weighted by Gasteiger charge is 2.19. The van der Waals surface area contributed by atoms with Crippen molar-refractivity contribution in [3.8, 4) is 0 Å². The Morgan fingerprint density at radius 2 is 2.00 bits per heavy atom. The molecule has 0 bridgehead atoms. The number of aliphatic carboxylic acids is 1. The molecule has 0 saturated heterocycles. The number of anilines is 1. The zero-order chi connectivity index (χ0) is 15.4. The lowest BCUT2D eigenvalue weighted by molar-refractivity contribution is -0.136. The van der Waals surface area contributed by atoms with Crippen LogP contribution in [-0.4, -0.2) is 22.0 Å². The summed E-state index contributed by atoms with van der Waals surface area (Å²) >= 11 is 1.31. The van der Waals surface area contributed by atoms with Gasteiger partial charge in [0.1, 0.15) is 5.01 Å². The Morgan fingerprint density at radius 1 is 1.33 bits per heavy atom. The van der Waals surface area contributed by atoms with E-state index in [1.54, 1.807) is 12.3 Å². The number of carboxylic acids is 1. The molecule has 0 aliphatic carbocycles. The standard InChI is InChI=1S/C15H16N2O3S/c1-9-3-5-11(6-4-9)16-14(20)10(2)15-17-12(8-21-15)7-13(18)19/h3-6,8,10H,7H2,1-2H3,(H,16,20)(H,18,19)/t10-/m0/s1. The summed E-state index contributed by atoms with van der Waals surface area (Å²) in [5, 5.41) is 13.9. The summed E-state index contributed by atoms with van der Waals surface area (Å²) in [6.45, 7) is 3.74. The van der Waals surface area contributed by atoms with Crippen molar-refractivity contribution in [3.63, 3.8) is 0 Å². The van der Waals surface area contributed by atoms with E-state index in [0.29, 0.717) is 10.7 Å². The summed E-state index contributed by atoms with van der Waals surface area (Å²) in [7, 11) is 0. The van der Waals surface area contributed by atoms with Crippen LogP contribution in [0, 0.1) is 6.92 Å². The molecule has 1 amide bonds. The van der Waals surface area contributed by atoms with Gasteiger partial charge < -0.3 is 10.4 Å². The van der Waals surface area contributed by atoms with Crippen LogP contribution in [0.4, 0.5) is 5.69 Å². The van der Waals surface area contributed by atoms with E-state index in [-0.39, 0.29) is 12.3 Å². The minimum atomic E-state index is -0.927. The van der Waals surface area contributed by atoms with Gasteiger partial charge in [-0.15, -0.1) is 11.3 Å². The maximum atomic E-state index is 12.2. The maximum Gasteiger partial charge on any atom is 0.309 e. The molecule has 0 fully saturated rings. The second kappa shape index (κ2) is 6.49. The van der Waals surface area contributed by atoms with Gasteiger partial charge in [0.2, 0.25) is 5.91 Å². The summed E-state index contributed by atoms with van der Waals surface area (Å²) in [5.74, 6) is -1.50. The lowest BCUT2D eigenvalue weighted by Crippen LogP contribution is -2.18. The third-order valence-corrected chi connectivity index (χ3v) is 4.06. The van der Waals surface area contributed by atoms with Crippen LogP contribution in [0.1, 0.15) is 29.1 Å². The van der Waals surface area contributed by atoms with E-state index in [0.717, 1.165) is 11.3 Å². The minimum Gasteiger partial charge on any atom is -0.481 e. The molecule has 0 aliphatic rings. The van der Waals surface area contributed by atoms with Crippen LogP contribution in [0.15, 0.2) is 29.6 Å². The Hall–Kier alpha value is -2.21. The quantitative estimate of drug-likeness (QED) is 0.890. The third-order valence-electron chi connectivity index (χ3n) is 2.98. The van der Waals surface area contributed by atoms with Gasteiger partial charge in [-0.3, -0.25) is 9.59 Å². The number of rotatable bonds is 5. The van der Waals surface area contributed by atoms with Crippen molar-refractivity contribution >= 4 is 28.9 Å². The van der Waals surface area contributed by atoms with Crippen molar-refractivity contribution < 1.29 is 14.7 Å². The number of carboxylic acid groups (broad SMARTS) is 1. The molecule has 21 heavy (non-hydrogen) atoms. The van der Waals surface area contributed by atoms with Gasteiger partial charge in [-0.25, -0.2) is 4.98 Å². The van der Waals surface area contributed by atoms with Gasteiger partial charge in [0.05, 0.1) is 18.0 Å². The molecule has 1 aromatic heterocycles. The molecule has 0 aliphatic heterocycles. The molecular formula is C15H16N2O3S. The fourth-order valence-corrected chi connectivity index (χ4v) is 2.63. The monoisotopic (exact) mass is 304 g/mol. The minimum absolute atomic E-state index is 0.122. The van der Waals surface area contributed by atoms with Crippen molar-refractivity contribution in [2.75, 3.05) is 5.32 Å². The van der Waals surface area contributed by atoms with Crippen LogP contribution < -0.4 is 5.32 Å². The normalized spacial score (nSPS) is 11.9. The molecule has 1 aromatic carbocycles. The molecule has 1 heterocycles. The highest BCUT2D eigenvalue weighted by Crippen LogP contribution is 2.22. The fraction of sp³-hybridized carbons (Fsp3) is 0.267. The van der Waals surface area contributed by atoms with Crippen LogP contribution in [0.5, 0.6) is 0 Å². The Balaban J connectivity index is 2.03. The van der Waals surface area contributed by atoms with Crippen molar-refractivity contribution in [2.45, 2.75) is 26.2 Å². The number of amides is 1. The van der Waals surface area contributed by atoms with Crippen LogP contribution >= 0.6 is 11.3 Å². The molecule has 2 N–H and O–H groups in total. The van der Waals surface area contributed by atoms with E-state index in [1.807, 2.05) is 31.2 Å². The number of nitrogens with one attached hydrogen (secondary N) is 1. The highest BCUT2D eigenvalue weighted by atomic mass is 32.1. The van der Waals surface area contributed by atoms with Crippen LogP contribution in [-0.2, 0) is 16.0 Å². The number of nitrogens with zero attached hydrogens (tertiary/aromatic N) is 1. The second-order valence-electron chi connectivity index (χ2n) is 4.82. The van der Waals surface area contributed by atoms with Gasteiger partial charge >= 0.3 is 5.97 Å². The highest BCUT2D eigenvalue weighted by molar-refractivity contribution is 7.09. The summed E-state index contributed by atoms with van der Waals surface area (Å²) < 4.78 is 0. The lowest BCUT2D eigenvalue weighted by atomic mass is 10.1. The van der Waals surface area contributed by atoms with E-state index >= 15 is 0 Å². The predicted octanol–water partition coefficient (Wildman–Crippen LogP) is 2.82. The maximum absolute atomic E-state index is 12.2. The first-order valence-corrected chi connectivity index (χ1v) is 7.37. The zero-order valence-electron chi connectivity index (χ0n) is 11.8. The van der Waals surface area contributed by atoms with Gasteiger partial charge in [-0.1, -0.05) is 17.7 Å². The Morgan fingerprint density at radius 3 is 2.62 bits per heavy atom. The average Bonchev–Trinajstić information content (AvgIpc) is 2.88. The molecule has 2 rings (SSSR count). The van der Waals surface area contributed by atoms with E-state index in [4.69, 9.17) is 5.11 Å². The van der Waals surface area contributed by atoms with Crippen molar-refractivity contribution in [3.05, 3.63) is 45.9 Å². The molecule has 110 valence electrons. The Kier molecular flexibility index (Phi) is 4.70. The van der Waals surface area contributed by atoms with Gasteiger partial charge in [-0.2, -0.15) is 0 Å². The summed E-state index contributed by atoms with van der Waals surface area (Å²) in [4.78, 5) is 27.0. The van der Waals surface area contributed by atoms with E-state index < -0.39 is 11.9 Å². The average molecular weight is 304 g/mol. The predicted molar refractivity (Wildman–Crippen MR) is 81.7 cm³/mol. The van der Waals surface area contributed by atoms with Crippen LogP contribution in [0.25, 0.3) is 0 Å². The van der Waals surface area contributed by atoms with Crippen molar-refractivity contribution in [2.24, 2.45) is 0 Å². The van der Waals surface area contributed by atoms with Gasteiger partial charge in [-0.05, 0) is 26.0 Å². The summed E-state index contributed by atoms with van der Waals surface area (Å²) in [6.07, 6.45) is -0.122. The number of hydrogen-bond donors (Lipinski definition) is 2. The molecule has 5 nitrogen and oxygen atoms in total. The first kappa shape index (κ1) is 15.2. The smallest absolute Gasteiger partial charge is 0.309 e. The molecule has 0 unspecified atom stereocenters. The van der Waals surface area contributed by atoms with Crippen molar-refractivity contribution in [1.29, 1.82) is 0 Å². The molecule has 1 atom stereocenters. The number of benzene rings is 1. The lowest BCUT2D eigenvalue weighted by Gasteiger charge is -2.10. The summed E-state index contributed by atoms with van der Waals surface area (Å²) in [6, 6.07) is 7.54. The number of aryl methyl sites for hydroxylation is 1. The topological polar surface area (TPSA) is 79.3 Å². The Labute approximate surface area is 126 Å². The van der Waals surface area contributed by atoms with Crippen LogP contribution in [0.3, 0.4) is 0 Å². The largest absolute Gasteiger partial charge is 0.481 e. The molecule has 0 saturated carbocycles. The fourth-order valence-electron chi connectivity index (χ4n) is 1.76.